The van der Waals surface area contributed by atoms with Crippen molar-refractivity contribution in [2.24, 2.45) is 5.92 Å². The molecular weight excluding hydrogens is 847 g/mol. The van der Waals surface area contributed by atoms with Crippen LogP contribution in [-0.2, 0) is 16.0 Å². The van der Waals surface area contributed by atoms with Crippen molar-refractivity contribution in [2.45, 2.75) is 24.9 Å². The van der Waals surface area contributed by atoms with E-state index in [0.29, 0.717) is 22.4 Å². The van der Waals surface area contributed by atoms with Gasteiger partial charge in [-0.15, -0.1) is 0 Å². The average molecular weight is 883 g/mol. The minimum Gasteiger partial charge on any atom is -0.478 e. The largest absolute Gasteiger partial charge is 0.478 e. The number of halogens is 2. The van der Waals surface area contributed by atoms with Crippen LogP contribution < -0.4 is 10.1 Å². The first kappa shape index (κ1) is 44.5. The summed E-state index contributed by atoms with van der Waals surface area (Å²) in [7, 11) is 0. The third-order valence-corrected chi connectivity index (χ3v) is 10.7. The van der Waals surface area contributed by atoms with E-state index in [2.05, 4.69) is 5.32 Å². The highest BCUT2D eigenvalue weighted by molar-refractivity contribution is 5.96. The third kappa shape index (κ3) is 10.4. The molecule has 15 nitrogen and oxygen atoms in total. The molecule has 65 heavy (non-hydrogen) atoms. The van der Waals surface area contributed by atoms with Gasteiger partial charge in [0, 0.05) is 35.9 Å². The lowest BCUT2D eigenvalue weighted by molar-refractivity contribution is -0.385. The molecule has 7 rings (SSSR count). The van der Waals surface area contributed by atoms with E-state index < -0.39 is 69.1 Å². The van der Waals surface area contributed by atoms with Gasteiger partial charge in [-0.1, -0.05) is 72.8 Å². The van der Waals surface area contributed by atoms with Crippen molar-refractivity contribution in [1.29, 1.82) is 0 Å². The van der Waals surface area contributed by atoms with E-state index in [9.17, 15) is 48.5 Å². The quantitative estimate of drug-likeness (QED) is 0.0403. The lowest BCUT2D eigenvalue weighted by atomic mass is 9.85. The highest BCUT2D eigenvalue weighted by Gasteiger charge is 2.44. The summed E-state index contributed by atoms with van der Waals surface area (Å²) >= 11 is 0. The van der Waals surface area contributed by atoms with Gasteiger partial charge in [0.2, 0.25) is 5.91 Å². The Hall–Kier alpha value is -8.60. The molecule has 6 aromatic rings. The molecule has 1 aliphatic heterocycles. The van der Waals surface area contributed by atoms with Crippen LogP contribution in [0.15, 0.2) is 152 Å². The second kappa shape index (κ2) is 19.6. The molecule has 3 atom stereocenters. The molecule has 0 spiro atoms. The number of aromatic carboxylic acids is 1. The number of ether oxygens (including phenoxy) is 2. The predicted molar refractivity (Wildman–Crippen MR) is 231 cm³/mol. The van der Waals surface area contributed by atoms with Crippen molar-refractivity contribution >= 4 is 46.6 Å². The molecule has 0 radical (unpaired) electrons. The molecule has 1 heterocycles. The predicted octanol–water partition coefficient (Wildman–Crippen LogP) is 9.90. The SMILES string of the molecule is O=C(Oc1ccc([C@@H](Nc2ccc(F)cc2)[C@@H](C/C=C(/Cc2c(C(=O)O)cccc2[N+](=O)[O-])c2ccc(F)cc2)C(=O)N2C(=O)OC[C@@H]2c2ccccc2)cc1)c1cccc([N+](=O)[O-])c1. The summed E-state index contributed by atoms with van der Waals surface area (Å²) in [4.78, 5) is 77.5. The number of carbonyl (C=O) groups is 4. The summed E-state index contributed by atoms with van der Waals surface area (Å²) in [6, 6.07) is 31.6. The van der Waals surface area contributed by atoms with Gasteiger partial charge in [0.1, 0.15) is 30.0 Å². The summed E-state index contributed by atoms with van der Waals surface area (Å²) in [5.74, 6) is -5.47. The van der Waals surface area contributed by atoms with Crippen molar-refractivity contribution < 1.29 is 52.4 Å². The number of anilines is 1. The molecule has 1 saturated heterocycles. The number of nitro benzene ring substituents is 2. The Morgan fingerprint density at radius 3 is 2.12 bits per heavy atom. The molecule has 328 valence electrons. The van der Waals surface area contributed by atoms with Crippen molar-refractivity contribution in [1.82, 2.24) is 4.90 Å². The fourth-order valence-corrected chi connectivity index (χ4v) is 7.49. The van der Waals surface area contributed by atoms with Gasteiger partial charge in [0.15, 0.2) is 0 Å². The Bertz CT molecular complexity index is 2770. The number of imide groups is 1. The molecule has 17 heteroatoms. The van der Waals surface area contributed by atoms with Crippen molar-refractivity contribution in [2.75, 3.05) is 11.9 Å². The average Bonchev–Trinajstić information content (AvgIpc) is 3.70. The number of nitro groups is 2. The van der Waals surface area contributed by atoms with Gasteiger partial charge in [-0.3, -0.25) is 25.0 Å². The van der Waals surface area contributed by atoms with Crippen LogP contribution in [-0.4, -0.2) is 50.4 Å². The normalized spacial score (nSPS) is 14.5. The van der Waals surface area contributed by atoms with Gasteiger partial charge in [0.25, 0.3) is 11.4 Å². The van der Waals surface area contributed by atoms with Crippen LogP contribution in [0.4, 0.5) is 30.6 Å². The van der Waals surface area contributed by atoms with Crippen molar-refractivity contribution in [3.05, 3.63) is 217 Å². The van der Waals surface area contributed by atoms with Crippen LogP contribution in [0.1, 0.15) is 61.5 Å². The smallest absolute Gasteiger partial charge is 0.417 e. The van der Waals surface area contributed by atoms with Gasteiger partial charge in [-0.25, -0.2) is 28.1 Å². The second-order valence-electron chi connectivity index (χ2n) is 14.7. The Morgan fingerprint density at radius 1 is 0.815 bits per heavy atom. The molecule has 0 unspecified atom stereocenters. The summed E-state index contributed by atoms with van der Waals surface area (Å²) in [6.07, 6.45) is 0.0183. The molecule has 1 fully saturated rings. The number of hydrogen-bond donors (Lipinski definition) is 2. The Morgan fingerprint density at radius 2 is 1.48 bits per heavy atom. The number of benzene rings is 6. The maximum atomic E-state index is 15.2. The zero-order chi connectivity index (χ0) is 46.2. The van der Waals surface area contributed by atoms with Crippen LogP contribution in [0.5, 0.6) is 5.75 Å². The number of nitrogens with zero attached hydrogens (tertiary/aromatic N) is 3. The Balaban J connectivity index is 1.35. The van der Waals surface area contributed by atoms with Crippen molar-refractivity contribution in [3.8, 4) is 5.75 Å². The third-order valence-electron chi connectivity index (χ3n) is 10.7. The van der Waals surface area contributed by atoms with Crippen molar-refractivity contribution in [3.63, 3.8) is 0 Å². The van der Waals surface area contributed by atoms with Crippen LogP contribution in [0, 0.1) is 37.8 Å². The first-order chi connectivity index (χ1) is 31.3. The molecule has 2 amide bonds. The molecule has 0 aliphatic carbocycles. The zero-order valence-electron chi connectivity index (χ0n) is 33.9. The van der Waals surface area contributed by atoms with Gasteiger partial charge in [-0.05, 0) is 89.3 Å². The number of allylic oxidation sites excluding steroid dienone is 2. The molecule has 0 bridgehead atoms. The maximum Gasteiger partial charge on any atom is 0.417 e. The van der Waals surface area contributed by atoms with E-state index in [4.69, 9.17) is 9.47 Å². The van der Waals surface area contributed by atoms with Crippen LogP contribution in [0.25, 0.3) is 5.57 Å². The van der Waals surface area contributed by atoms with E-state index in [-0.39, 0.29) is 53.1 Å². The van der Waals surface area contributed by atoms with Crippen LogP contribution in [0.2, 0.25) is 0 Å². The maximum absolute atomic E-state index is 15.2. The first-order valence-electron chi connectivity index (χ1n) is 19.9. The van der Waals surface area contributed by atoms with Gasteiger partial charge >= 0.3 is 18.0 Å². The summed E-state index contributed by atoms with van der Waals surface area (Å²) in [5, 5.41) is 36.9. The molecule has 1 aliphatic rings. The number of carboxylic acid groups (broad SMARTS) is 1. The standard InChI is InChI=1S/C48H36F2N4O11/c49-34-17-12-29(13-18-34)32(27-41-39(46(56)57)10-5-11-42(41)54(62)63)16-25-40(45(55)52-43(28-64-48(52)59)30-6-2-1-3-7-30)44(51-36-21-19-35(50)20-22-36)31-14-23-38(24-15-31)65-47(58)33-8-4-9-37(26-33)53(60)61/h1-24,26,40,43-44,51H,25,27-28H2,(H,56,57)/b32-16-/t40-,43-,44-/m1/s1. The molecule has 0 aromatic heterocycles. The summed E-state index contributed by atoms with van der Waals surface area (Å²) < 4.78 is 39.5. The number of amides is 2. The van der Waals surface area contributed by atoms with E-state index in [1.807, 2.05) is 0 Å². The van der Waals surface area contributed by atoms with E-state index in [0.717, 1.165) is 29.2 Å². The molecule has 6 aromatic carbocycles. The van der Waals surface area contributed by atoms with Crippen LogP contribution in [0.3, 0.4) is 0 Å². The minimum atomic E-state index is -1.43. The van der Waals surface area contributed by atoms with E-state index in [1.54, 1.807) is 36.4 Å². The Labute approximate surface area is 368 Å². The van der Waals surface area contributed by atoms with Crippen LogP contribution >= 0.6 is 0 Å². The lowest BCUT2D eigenvalue weighted by Gasteiger charge is -2.32. The zero-order valence-corrected chi connectivity index (χ0v) is 33.9. The highest BCUT2D eigenvalue weighted by Crippen LogP contribution is 2.38. The van der Waals surface area contributed by atoms with Gasteiger partial charge in [-0.2, -0.15) is 0 Å². The number of non-ortho nitro benzene ring substituents is 1. The lowest BCUT2D eigenvalue weighted by Crippen LogP contribution is -2.42. The van der Waals surface area contributed by atoms with Gasteiger partial charge in [0.05, 0.1) is 32.9 Å². The van der Waals surface area contributed by atoms with E-state index in [1.165, 1.54) is 91.0 Å². The topological polar surface area (TPSA) is 209 Å². The number of carboxylic acids is 1. The minimum absolute atomic E-state index is 0.0260. The number of nitrogens with one attached hydrogen (secondary N) is 1. The molecular formula is C48H36F2N4O11. The highest BCUT2D eigenvalue weighted by atomic mass is 19.1. The second-order valence-corrected chi connectivity index (χ2v) is 14.7. The van der Waals surface area contributed by atoms with Gasteiger partial charge < -0.3 is 19.9 Å². The molecule has 2 N–H and O–H groups in total. The Kier molecular flexibility index (Phi) is 13.4. The first-order valence-corrected chi connectivity index (χ1v) is 19.9. The summed E-state index contributed by atoms with van der Waals surface area (Å²) in [5.41, 5.74) is 0.511. The monoisotopic (exact) mass is 882 g/mol. The van der Waals surface area contributed by atoms with E-state index >= 15 is 4.79 Å². The number of cyclic esters (lactones) is 1. The fraction of sp³-hybridized carbons (Fsp3) is 0.125. The number of esters is 1. The number of carbonyl (C=O) groups excluding carboxylic acids is 3. The number of hydrogen-bond acceptors (Lipinski definition) is 11. The fourth-order valence-electron chi connectivity index (χ4n) is 7.49. The number of rotatable bonds is 16. The molecule has 0 saturated carbocycles. The summed E-state index contributed by atoms with van der Waals surface area (Å²) in [6.45, 7) is -0.172.